The minimum Gasteiger partial charge on any atom is -0.481 e. The van der Waals surface area contributed by atoms with Crippen LogP contribution in [0.15, 0.2) is 78.9 Å². The molecule has 156 valence electrons. The van der Waals surface area contributed by atoms with Gasteiger partial charge in [-0.1, -0.05) is 48.5 Å². The van der Waals surface area contributed by atoms with Crippen molar-refractivity contribution in [2.75, 3.05) is 23.4 Å². The second-order valence-corrected chi connectivity index (χ2v) is 7.03. The van der Waals surface area contributed by atoms with Crippen LogP contribution in [-0.2, 0) is 16.1 Å². The minimum absolute atomic E-state index is 0.0651. The first kappa shape index (κ1) is 20.2. The van der Waals surface area contributed by atoms with E-state index in [1.165, 1.54) is 0 Å². The van der Waals surface area contributed by atoms with Crippen LogP contribution in [0.3, 0.4) is 0 Å². The van der Waals surface area contributed by atoms with Crippen LogP contribution >= 0.6 is 0 Å². The third-order valence-corrected chi connectivity index (χ3v) is 4.82. The Morgan fingerprint density at radius 3 is 2.39 bits per heavy atom. The van der Waals surface area contributed by atoms with Gasteiger partial charge in [-0.05, 0) is 29.8 Å². The van der Waals surface area contributed by atoms with Crippen LogP contribution in [0.4, 0.5) is 11.4 Å². The number of anilines is 2. The zero-order chi connectivity index (χ0) is 21.6. The van der Waals surface area contributed by atoms with E-state index >= 15 is 0 Å². The molecule has 0 unspecified atom stereocenters. The second kappa shape index (κ2) is 9.13. The molecule has 31 heavy (non-hydrogen) atoms. The van der Waals surface area contributed by atoms with Crippen molar-refractivity contribution in [2.45, 2.75) is 6.54 Å². The minimum atomic E-state index is -0.364. The predicted octanol–water partition coefficient (Wildman–Crippen LogP) is 2.98. The molecule has 0 radical (unpaired) electrons. The molecule has 0 aliphatic carbocycles. The average molecular weight is 415 g/mol. The quantitative estimate of drug-likeness (QED) is 0.648. The fourth-order valence-corrected chi connectivity index (χ4v) is 3.28. The van der Waals surface area contributed by atoms with Crippen LogP contribution in [0.1, 0.15) is 15.9 Å². The number of carbonyl (C=O) groups excluding carboxylic acids is 3. The van der Waals surface area contributed by atoms with Crippen molar-refractivity contribution in [1.29, 1.82) is 0 Å². The summed E-state index contributed by atoms with van der Waals surface area (Å²) in [5, 5.41) is 5.32. The topological polar surface area (TPSA) is 87.7 Å². The maximum Gasteiger partial charge on any atom is 0.265 e. The SMILES string of the molecule is O=C(CNC(=O)c1ccccc1)Nc1ccc2c(c1)OCC(=O)N2Cc1ccccc1. The summed E-state index contributed by atoms with van der Waals surface area (Å²) in [5.41, 5.74) is 2.66. The summed E-state index contributed by atoms with van der Waals surface area (Å²) < 4.78 is 5.57. The summed E-state index contributed by atoms with van der Waals surface area (Å²) in [7, 11) is 0. The number of hydrogen-bond acceptors (Lipinski definition) is 4. The average Bonchev–Trinajstić information content (AvgIpc) is 2.80. The molecule has 0 spiro atoms. The maximum absolute atomic E-state index is 12.4. The third-order valence-electron chi connectivity index (χ3n) is 4.82. The van der Waals surface area contributed by atoms with Gasteiger partial charge in [0.25, 0.3) is 11.8 Å². The maximum atomic E-state index is 12.4. The normalized spacial score (nSPS) is 12.5. The Balaban J connectivity index is 1.40. The van der Waals surface area contributed by atoms with E-state index in [4.69, 9.17) is 4.74 Å². The number of nitrogens with one attached hydrogen (secondary N) is 2. The number of hydrogen-bond donors (Lipinski definition) is 2. The first-order valence-corrected chi connectivity index (χ1v) is 9.84. The summed E-state index contributed by atoms with van der Waals surface area (Å²) in [6.07, 6.45) is 0. The predicted molar refractivity (Wildman–Crippen MR) is 117 cm³/mol. The lowest BCUT2D eigenvalue weighted by Gasteiger charge is -2.29. The van der Waals surface area contributed by atoms with Crippen molar-refractivity contribution in [1.82, 2.24) is 5.32 Å². The van der Waals surface area contributed by atoms with E-state index in [1.54, 1.807) is 47.4 Å². The van der Waals surface area contributed by atoms with E-state index in [0.717, 1.165) is 5.56 Å². The Labute approximate surface area is 179 Å². The van der Waals surface area contributed by atoms with Gasteiger partial charge >= 0.3 is 0 Å². The van der Waals surface area contributed by atoms with Crippen molar-refractivity contribution in [2.24, 2.45) is 0 Å². The molecule has 0 bridgehead atoms. The Morgan fingerprint density at radius 2 is 1.65 bits per heavy atom. The molecule has 0 aromatic heterocycles. The molecule has 0 fully saturated rings. The molecule has 7 heteroatoms. The highest BCUT2D eigenvalue weighted by Gasteiger charge is 2.26. The fraction of sp³-hybridized carbons (Fsp3) is 0.125. The number of benzene rings is 3. The van der Waals surface area contributed by atoms with Crippen molar-refractivity contribution < 1.29 is 19.1 Å². The van der Waals surface area contributed by atoms with Crippen molar-refractivity contribution >= 4 is 29.1 Å². The Hall–Kier alpha value is -4.13. The Kier molecular flexibility index (Phi) is 5.93. The molecular formula is C24H21N3O4. The summed E-state index contributed by atoms with van der Waals surface area (Å²) in [5.74, 6) is -0.296. The molecule has 3 amide bonds. The van der Waals surface area contributed by atoms with E-state index in [2.05, 4.69) is 10.6 Å². The van der Waals surface area contributed by atoms with E-state index < -0.39 is 0 Å². The molecule has 4 rings (SSSR count). The lowest BCUT2D eigenvalue weighted by Crippen LogP contribution is -2.38. The van der Waals surface area contributed by atoms with Gasteiger partial charge in [0.1, 0.15) is 5.75 Å². The smallest absolute Gasteiger partial charge is 0.265 e. The van der Waals surface area contributed by atoms with E-state index in [1.807, 2.05) is 36.4 Å². The highest BCUT2D eigenvalue weighted by Crippen LogP contribution is 2.35. The third kappa shape index (κ3) is 4.90. The van der Waals surface area contributed by atoms with Gasteiger partial charge in [0.05, 0.1) is 18.8 Å². The number of nitrogens with zero attached hydrogens (tertiary/aromatic N) is 1. The Bertz CT molecular complexity index is 1100. The number of fused-ring (bicyclic) bond motifs is 1. The van der Waals surface area contributed by atoms with Gasteiger partial charge in [0.15, 0.2) is 6.61 Å². The van der Waals surface area contributed by atoms with Gasteiger partial charge < -0.3 is 20.3 Å². The van der Waals surface area contributed by atoms with Crippen molar-refractivity contribution in [3.63, 3.8) is 0 Å². The first-order chi connectivity index (χ1) is 15.1. The van der Waals surface area contributed by atoms with E-state index in [9.17, 15) is 14.4 Å². The van der Waals surface area contributed by atoms with Gasteiger partial charge in [-0.2, -0.15) is 0 Å². The lowest BCUT2D eigenvalue weighted by atomic mass is 10.1. The van der Waals surface area contributed by atoms with Crippen LogP contribution in [0.2, 0.25) is 0 Å². The van der Waals surface area contributed by atoms with Crippen LogP contribution in [0.5, 0.6) is 5.75 Å². The summed E-state index contributed by atoms with van der Waals surface area (Å²) >= 11 is 0. The standard InChI is InChI=1S/C24H21N3O4/c28-22(14-25-24(30)18-9-5-2-6-10-18)26-19-11-12-20-21(13-19)31-16-23(29)27(20)15-17-7-3-1-4-8-17/h1-13H,14-16H2,(H,25,30)(H,26,28). The molecule has 0 saturated carbocycles. The van der Waals surface area contributed by atoms with Gasteiger partial charge in [-0.15, -0.1) is 0 Å². The highest BCUT2D eigenvalue weighted by atomic mass is 16.5. The Morgan fingerprint density at radius 1 is 0.935 bits per heavy atom. The number of ether oxygens (including phenoxy) is 1. The molecule has 7 nitrogen and oxygen atoms in total. The van der Waals surface area contributed by atoms with Crippen LogP contribution in [-0.4, -0.2) is 30.9 Å². The molecule has 1 heterocycles. The monoisotopic (exact) mass is 415 g/mol. The zero-order valence-electron chi connectivity index (χ0n) is 16.7. The number of rotatable bonds is 6. The van der Waals surface area contributed by atoms with Crippen LogP contribution < -0.4 is 20.3 Å². The van der Waals surface area contributed by atoms with Crippen LogP contribution in [0.25, 0.3) is 0 Å². The zero-order valence-corrected chi connectivity index (χ0v) is 16.7. The van der Waals surface area contributed by atoms with Gasteiger partial charge in [0, 0.05) is 17.3 Å². The summed E-state index contributed by atoms with van der Waals surface area (Å²) in [6, 6.07) is 23.5. The molecule has 3 aromatic carbocycles. The summed E-state index contributed by atoms with van der Waals surface area (Å²) in [4.78, 5) is 38.4. The van der Waals surface area contributed by atoms with Crippen LogP contribution in [0, 0.1) is 0 Å². The fourth-order valence-electron chi connectivity index (χ4n) is 3.28. The van der Waals surface area contributed by atoms with Gasteiger partial charge in [-0.25, -0.2) is 0 Å². The molecule has 3 aromatic rings. The molecule has 0 saturated heterocycles. The molecule has 2 N–H and O–H groups in total. The largest absolute Gasteiger partial charge is 0.481 e. The van der Waals surface area contributed by atoms with Gasteiger partial charge in [0.2, 0.25) is 5.91 Å². The van der Waals surface area contributed by atoms with E-state index in [0.29, 0.717) is 29.2 Å². The highest BCUT2D eigenvalue weighted by molar-refractivity contribution is 6.01. The molecule has 1 aliphatic heterocycles. The number of carbonyl (C=O) groups is 3. The van der Waals surface area contributed by atoms with Crippen molar-refractivity contribution in [3.05, 3.63) is 90.0 Å². The lowest BCUT2D eigenvalue weighted by molar-refractivity contribution is -0.121. The molecular weight excluding hydrogens is 394 g/mol. The number of amides is 3. The van der Waals surface area contributed by atoms with Gasteiger partial charge in [-0.3, -0.25) is 14.4 Å². The molecule has 1 aliphatic rings. The second-order valence-electron chi connectivity index (χ2n) is 7.03. The molecule has 0 atom stereocenters. The first-order valence-electron chi connectivity index (χ1n) is 9.84. The van der Waals surface area contributed by atoms with E-state index in [-0.39, 0.29) is 30.9 Å². The van der Waals surface area contributed by atoms with Crippen molar-refractivity contribution in [3.8, 4) is 5.75 Å². The summed E-state index contributed by atoms with van der Waals surface area (Å²) in [6.45, 7) is 0.210.